The molecule has 3 heterocycles. The predicted octanol–water partition coefficient (Wildman–Crippen LogP) is 3.69. The van der Waals surface area contributed by atoms with Gasteiger partial charge >= 0.3 is 0 Å². The topological polar surface area (TPSA) is 32.3 Å². The Hall–Kier alpha value is -1.50. The lowest BCUT2D eigenvalue weighted by Crippen LogP contribution is -2.46. The molecule has 4 rings (SSSR count). The van der Waals surface area contributed by atoms with Crippen LogP contribution < -0.4 is 4.90 Å². The van der Waals surface area contributed by atoms with Crippen LogP contribution in [0.25, 0.3) is 10.1 Å². The number of aromatic nitrogens is 2. The van der Waals surface area contributed by atoms with Crippen molar-refractivity contribution in [2.75, 3.05) is 31.1 Å². The van der Waals surface area contributed by atoms with Crippen molar-refractivity contribution in [1.29, 1.82) is 0 Å². The van der Waals surface area contributed by atoms with Crippen molar-refractivity contribution in [3.63, 3.8) is 0 Å². The standard InChI is InChI=1S/C17H20N4S2/c1-12-16(22-13(2)18-12)11-20-7-9-21(10-8-20)17-14-5-3-4-6-15(14)23-19-17/h3-6H,7-11H2,1-2H3. The molecule has 0 aliphatic carbocycles. The molecule has 0 bridgehead atoms. The van der Waals surface area contributed by atoms with Gasteiger partial charge in [-0.05, 0) is 37.5 Å². The summed E-state index contributed by atoms with van der Waals surface area (Å²) in [5.74, 6) is 1.16. The summed E-state index contributed by atoms with van der Waals surface area (Å²) in [7, 11) is 0. The molecule has 0 radical (unpaired) electrons. The Morgan fingerprint density at radius 2 is 1.87 bits per heavy atom. The molecule has 0 saturated carbocycles. The lowest BCUT2D eigenvalue weighted by atomic mass is 10.2. The van der Waals surface area contributed by atoms with Crippen molar-refractivity contribution in [1.82, 2.24) is 14.3 Å². The number of aryl methyl sites for hydroxylation is 2. The average Bonchev–Trinajstić information content (AvgIpc) is 3.12. The fourth-order valence-electron chi connectivity index (χ4n) is 3.14. The van der Waals surface area contributed by atoms with E-state index in [0.717, 1.165) is 38.5 Å². The SMILES string of the molecule is Cc1nc(C)c(CN2CCN(c3nsc4ccccc34)CC2)s1. The predicted molar refractivity (Wildman–Crippen MR) is 98.7 cm³/mol. The molecule has 0 unspecified atom stereocenters. The maximum absolute atomic E-state index is 4.69. The van der Waals surface area contributed by atoms with Crippen LogP contribution in [0.4, 0.5) is 5.82 Å². The second kappa shape index (κ2) is 6.19. The Kier molecular flexibility index (Phi) is 4.05. The number of rotatable bonds is 3. The van der Waals surface area contributed by atoms with Gasteiger partial charge in [0.15, 0.2) is 0 Å². The van der Waals surface area contributed by atoms with Crippen molar-refractivity contribution < 1.29 is 0 Å². The highest BCUT2D eigenvalue weighted by Crippen LogP contribution is 2.30. The summed E-state index contributed by atoms with van der Waals surface area (Å²) in [6, 6.07) is 8.53. The van der Waals surface area contributed by atoms with E-state index in [-0.39, 0.29) is 0 Å². The molecule has 1 aromatic carbocycles. The lowest BCUT2D eigenvalue weighted by Gasteiger charge is -2.34. The summed E-state index contributed by atoms with van der Waals surface area (Å²) in [6.07, 6.45) is 0. The van der Waals surface area contributed by atoms with Gasteiger partial charge < -0.3 is 4.90 Å². The van der Waals surface area contributed by atoms with E-state index in [1.807, 2.05) is 11.3 Å². The van der Waals surface area contributed by atoms with Gasteiger partial charge in [-0.3, -0.25) is 4.90 Å². The van der Waals surface area contributed by atoms with E-state index in [0.29, 0.717) is 0 Å². The molecule has 1 saturated heterocycles. The number of thiazole rings is 1. The molecule has 4 nitrogen and oxygen atoms in total. The zero-order valence-electron chi connectivity index (χ0n) is 13.5. The number of anilines is 1. The van der Waals surface area contributed by atoms with Crippen LogP contribution in [0, 0.1) is 13.8 Å². The quantitative estimate of drug-likeness (QED) is 0.725. The molecule has 120 valence electrons. The summed E-state index contributed by atoms with van der Waals surface area (Å²) in [6.45, 7) is 9.51. The Morgan fingerprint density at radius 1 is 1.09 bits per heavy atom. The number of benzene rings is 1. The molecular weight excluding hydrogens is 324 g/mol. The molecule has 23 heavy (non-hydrogen) atoms. The molecule has 2 aromatic heterocycles. The number of hydrogen-bond donors (Lipinski definition) is 0. The van der Waals surface area contributed by atoms with E-state index in [1.165, 1.54) is 25.7 Å². The maximum Gasteiger partial charge on any atom is 0.150 e. The molecule has 1 aliphatic rings. The molecule has 0 atom stereocenters. The van der Waals surface area contributed by atoms with Gasteiger partial charge in [0.2, 0.25) is 0 Å². The highest BCUT2D eigenvalue weighted by atomic mass is 32.1. The van der Waals surface area contributed by atoms with Crippen LogP contribution in [0.1, 0.15) is 15.6 Å². The Balaban J connectivity index is 1.44. The van der Waals surface area contributed by atoms with Crippen LogP contribution in [0.15, 0.2) is 24.3 Å². The van der Waals surface area contributed by atoms with E-state index >= 15 is 0 Å². The fraction of sp³-hybridized carbons (Fsp3) is 0.412. The second-order valence-electron chi connectivity index (χ2n) is 6.01. The molecule has 0 spiro atoms. The Bertz CT molecular complexity index is 815. The molecule has 0 amide bonds. The van der Waals surface area contributed by atoms with E-state index < -0.39 is 0 Å². The highest BCUT2D eigenvalue weighted by molar-refractivity contribution is 7.13. The Morgan fingerprint density at radius 3 is 2.61 bits per heavy atom. The average molecular weight is 345 g/mol. The third-order valence-electron chi connectivity index (χ3n) is 4.40. The van der Waals surface area contributed by atoms with Gasteiger partial charge in [-0.25, -0.2) is 4.98 Å². The van der Waals surface area contributed by atoms with Crippen molar-refractivity contribution in [3.8, 4) is 0 Å². The van der Waals surface area contributed by atoms with E-state index in [4.69, 9.17) is 0 Å². The summed E-state index contributed by atoms with van der Waals surface area (Å²) < 4.78 is 5.97. The summed E-state index contributed by atoms with van der Waals surface area (Å²) >= 11 is 3.44. The smallest absolute Gasteiger partial charge is 0.150 e. The van der Waals surface area contributed by atoms with Crippen molar-refractivity contribution in [2.24, 2.45) is 0 Å². The third-order valence-corrected chi connectivity index (χ3v) is 6.27. The van der Waals surface area contributed by atoms with E-state index in [1.54, 1.807) is 11.5 Å². The van der Waals surface area contributed by atoms with Gasteiger partial charge in [-0.15, -0.1) is 11.3 Å². The fourth-order valence-corrected chi connectivity index (χ4v) is 4.92. The normalized spacial score (nSPS) is 16.3. The second-order valence-corrected chi connectivity index (χ2v) is 8.10. The van der Waals surface area contributed by atoms with Crippen LogP contribution in [0.2, 0.25) is 0 Å². The number of piperazine rings is 1. The van der Waals surface area contributed by atoms with Crippen LogP contribution in [0.5, 0.6) is 0 Å². The van der Waals surface area contributed by atoms with Gasteiger partial charge in [0.1, 0.15) is 5.82 Å². The zero-order chi connectivity index (χ0) is 15.8. The molecule has 1 fully saturated rings. The molecule has 3 aromatic rings. The van der Waals surface area contributed by atoms with E-state index in [2.05, 4.69) is 57.3 Å². The number of fused-ring (bicyclic) bond motifs is 1. The first-order valence-corrected chi connectivity index (χ1v) is 9.54. The first-order chi connectivity index (χ1) is 11.2. The van der Waals surface area contributed by atoms with Crippen LogP contribution in [-0.2, 0) is 6.54 Å². The minimum atomic E-state index is 1.03. The highest BCUT2D eigenvalue weighted by Gasteiger charge is 2.21. The van der Waals surface area contributed by atoms with Crippen molar-refractivity contribution >= 4 is 38.8 Å². The van der Waals surface area contributed by atoms with Crippen molar-refractivity contribution in [3.05, 3.63) is 39.8 Å². The van der Waals surface area contributed by atoms with Crippen LogP contribution >= 0.6 is 22.9 Å². The van der Waals surface area contributed by atoms with Crippen LogP contribution in [0.3, 0.4) is 0 Å². The number of hydrogen-bond acceptors (Lipinski definition) is 6. The van der Waals surface area contributed by atoms with Gasteiger partial charge in [-0.2, -0.15) is 4.37 Å². The van der Waals surface area contributed by atoms with Gasteiger partial charge in [0.05, 0.1) is 15.4 Å². The third kappa shape index (κ3) is 2.98. The largest absolute Gasteiger partial charge is 0.353 e. The molecule has 6 heteroatoms. The lowest BCUT2D eigenvalue weighted by molar-refractivity contribution is 0.251. The minimum Gasteiger partial charge on any atom is -0.353 e. The maximum atomic E-state index is 4.69. The first-order valence-electron chi connectivity index (χ1n) is 7.95. The van der Waals surface area contributed by atoms with Gasteiger partial charge in [-0.1, -0.05) is 12.1 Å². The Labute approximate surface area is 144 Å². The summed E-state index contributed by atoms with van der Waals surface area (Å²) in [5, 5.41) is 2.46. The minimum absolute atomic E-state index is 1.03. The zero-order valence-corrected chi connectivity index (χ0v) is 15.1. The molecule has 1 aliphatic heterocycles. The van der Waals surface area contributed by atoms with Gasteiger partial charge in [0, 0.05) is 43.0 Å². The molecular formula is C17H20N4S2. The molecule has 0 N–H and O–H groups in total. The van der Waals surface area contributed by atoms with E-state index in [9.17, 15) is 0 Å². The first kappa shape index (κ1) is 15.1. The van der Waals surface area contributed by atoms with Gasteiger partial charge in [0.25, 0.3) is 0 Å². The summed E-state index contributed by atoms with van der Waals surface area (Å²) in [4.78, 5) is 10.9. The summed E-state index contributed by atoms with van der Waals surface area (Å²) in [5.41, 5.74) is 1.19. The number of nitrogens with zero attached hydrogens (tertiary/aromatic N) is 4. The monoisotopic (exact) mass is 344 g/mol. The van der Waals surface area contributed by atoms with Crippen molar-refractivity contribution in [2.45, 2.75) is 20.4 Å². The van der Waals surface area contributed by atoms with Crippen LogP contribution in [-0.4, -0.2) is 40.4 Å².